The molecule has 2 amide bonds. The van der Waals surface area contributed by atoms with Gasteiger partial charge in [0, 0.05) is 22.2 Å². The Bertz CT molecular complexity index is 1470. The summed E-state index contributed by atoms with van der Waals surface area (Å²) in [4.78, 5) is 25.8. The summed E-state index contributed by atoms with van der Waals surface area (Å²) >= 11 is 0. The van der Waals surface area contributed by atoms with Gasteiger partial charge in [-0.25, -0.2) is 5.01 Å². The molecule has 0 aliphatic carbocycles. The van der Waals surface area contributed by atoms with Crippen LogP contribution in [0.4, 0.5) is 5.69 Å². The van der Waals surface area contributed by atoms with Crippen LogP contribution in [0, 0.1) is 20.8 Å². The Morgan fingerprint density at radius 2 is 1.63 bits per heavy atom. The molecule has 176 valence electrons. The Balaban J connectivity index is 1.45. The first-order chi connectivity index (χ1) is 16.9. The van der Waals surface area contributed by atoms with Crippen molar-refractivity contribution in [3.8, 4) is 5.75 Å². The van der Waals surface area contributed by atoms with Crippen LogP contribution in [0.15, 0.2) is 78.4 Å². The molecule has 0 radical (unpaired) electrons. The lowest BCUT2D eigenvalue weighted by molar-refractivity contribution is -0.117. The van der Waals surface area contributed by atoms with Crippen LogP contribution in [-0.4, -0.2) is 23.0 Å². The van der Waals surface area contributed by atoms with Crippen LogP contribution in [0.5, 0.6) is 5.75 Å². The van der Waals surface area contributed by atoms with E-state index in [2.05, 4.69) is 36.0 Å². The summed E-state index contributed by atoms with van der Waals surface area (Å²) in [6.07, 6.45) is 1.71. The molecule has 6 heteroatoms. The molecule has 0 atom stereocenters. The fourth-order valence-electron chi connectivity index (χ4n) is 4.45. The number of benzene rings is 3. The van der Waals surface area contributed by atoms with Gasteiger partial charge >= 0.3 is 0 Å². The van der Waals surface area contributed by atoms with Crippen LogP contribution < -0.4 is 15.2 Å². The third kappa shape index (κ3) is 4.19. The number of nitrogens with zero attached hydrogens (tertiary/aromatic N) is 2. The Morgan fingerprint density at radius 1 is 0.886 bits per heavy atom. The van der Waals surface area contributed by atoms with E-state index in [-0.39, 0.29) is 11.5 Å². The highest BCUT2D eigenvalue weighted by Crippen LogP contribution is 2.30. The number of anilines is 1. The SMILES string of the molecule is Cc1ccc(OCCn2c(C)c(/C=C3\C(=O)NN(c4ccccc4)C3=O)c3ccccc32)cc1C. The quantitative estimate of drug-likeness (QED) is 0.318. The fraction of sp³-hybridized carbons (Fsp3) is 0.172. The van der Waals surface area contributed by atoms with Crippen molar-refractivity contribution < 1.29 is 14.3 Å². The third-order valence-electron chi connectivity index (χ3n) is 6.54. The number of carbonyl (C=O) groups is 2. The number of fused-ring (bicyclic) bond motifs is 1. The molecule has 0 saturated carbocycles. The van der Waals surface area contributed by atoms with Gasteiger partial charge in [0.15, 0.2) is 0 Å². The molecule has 1 aromatic heterocycles. The normalized spacial score (nSPS) is 14.7. The van der Waals surface area contributed by atoms with Crippen LogP contribution >= 0.6 is 0 Å². The van der Waals surface area contributed by atoms with Gasteiger partial charge in [-0.05, 0) is 68.3 Å². The van der Waals surface area contributed by atoms with Gasteiger partial charge in [0.1, 0.15) is 17.9 Å². The highest BCUT2D eigenvalue weighted by atomic mass is 16.5. The predicted octanol–water partition coefficient (Wildman–Crippen LogP) is 5.11. The zero-order valence-electron chi connectivity index (χ0n) is 20.0. The minimum atomic E-state index is -0.409. The van der Waals surface area contributed by atoms with Crippen molar-refractivity contribution in [3.05, 3.63) is 101 Å². The highest BCUT2D eigenvalue weighted by Gasteiger charge is 2.34. The van der Waals surface area contributed by atoms with E-state index in [1.54, 1.807) is 18.2 Å². The van der Waals surface area contributed by atoms with Crippen LogP contribution in [0.3, 0.4) is 0 Å². The molecule has 0 unspecified atom stereocenters. The first-order valence-corrected chi connectivity index (χ1v) is 11.6. The Kier molecular flexibility index (Phi) is 5.87. The lowest BCUT2D eigenvalue weighted by Gasteiger charge is -2.13. The predicted molar refractivity (Wildman–Crippen MR) is 138 cm³/mol. The number of nitrogens with one attached hydrogen (secondary N) is 1. The molecular weight excluding hydrogens is 438 g/mol. The smallest absolute Gasteiger partial charge is 0.282 e. The second kappa shape index (κ2) is 9.14. The Hall–Kier alpha value is -4.32. The van der Waals surface area contributed by atoms with Gasteiger partial charge in [-0.15, -0.1) is 0 Å². The summed E-state index contributed by atoms with van der Waals surface area (Å²) in [5.74, 6) is 0.0717. The first-order valence-electron chi connectivity index (χ1n) is 11.6. The Morgan fingerprint density at radius 3 is 2.40 bits per heavy atom. The minimum Gasteiger partial charge on any atom is -0.492 e. The summed E-state index contributed by atoms with van der Waals surface area (Å²) < 4.78 is 8.20. The summed E-state index contributed by atoms with van der Waals surface area (Å²) in [7, 11) is 0. The van der Waals surface area contributed by atoms with Crippen LogP contribution in [-0.2, 0) is 16.1 Å². The number of hydrazine groups is 1. The van der Waals surface area contributed by atoms with E-state index in [4.69, 9.17) is 4.74 Å². The minimum absolute atomic E-state index is 0.117. The van der Waals surface area contributed by atoms with Crippen molar-refractivity contribution in [3.63, 3.8) is 0 Å². The number of para-hydroxylation sites is 2. The van der Waals surface area contributed by atoms with E-state index in [1.165, 1.54) is 16.1 Å². The van der Waals surface area contributed by atoms with E-state index in [0.717, 1.165) is 27.9 Å². The van der Waals surface area contributed by atoms with Crippen molar-refractivity contribution >= 4 is 34.5 Å². The molecule has 6 nitrogen and oxygen atoms in total. The van der Waals surface area contributed by atoms with Crippen molar-refractivity contribution in [2.24, 2.45) is 0 Å². The molecule has 1 saturated heterocycles. The van der Waals surface area contributed by atoms with E-state index >= 15 is 0 Å². The van der Waals surface area contributed by atoms with Gasteiger partial charge in [0.2, 0.25) is 0 Å². The lowest BCUT2D eigenvalue weighted by Crippen LogP contribution is -2.35. The molecular formula is C29H27N3O3. The number of rotatable bonds is 6. The van der Waals surface area contributed by atoms with Gasteiger partial charge in [0.05, 0.1) is 12.2 Å². The number of hydrogen-bond donors (Lipinski definition) is 1. The second-order valence-corrected chi connectivity index (χ2v) is 8.74. The zero-order chi connectivity index (χ0) is 24.5. The van der Waals surface area contributed by atoms with Gasteiger partial charge < -0.3 is 9.30 Å². The van der Waals surface area contributed by atoms with Gasteiger partial charge in [-0.3, -0.25) is 15.0 Å². The molecule has 0 spiro atoms. The molecule has 1 aliphatic rings. The van der Waals surface area contributed by atoms with Crippen molar-refractivity contribution in [1.29, 1.82) is 0 Å². The average molecular weight is 466 g/mol. The van der Waals surface area contributed by atoms with E-state index in [0.29, 0.717) is 18.8 Å². The molecule has 1 fully saturated rings. The van der Waals surface area contributed by atoms with Crippen LogP contribution in [0.2, 0.25) is 0 Å². The number of aryl methyl sites for hydroxylation is 2. The fourth-order valence-corrected chi connectivity index (χ4v) is 4.45. The average Bonchev–Trinajstić information content (AvgIpc) is 3.30. The number of ether oxygens (including phenoxy) is 1. The molecule has 5 rings (SSSR count). The van der Waals surface area contributed by atoms with Gasteiger partial charge in [0.25, 0.3) is 11.8 Å². The summed E-state index contributed by atoms with van der Waals surface area (Å²) in [6, 6.07) is 23.2. The molecule has 1 aliphatic heterocycles. The lowest BCUT2D eigenvalue weighted by atomic mass is 10.1. The van der Waals surface area contributed by atoms with Gasteiger partial charge in [-0.1, -0.05) is 42.5 Å². The first kappa shape index (κ1) is 22.5. The monoisotopic (exact) mass is 465 g/mol. The van der Waals surface area contributed by atoms with Gasteiger partial charge in [-0.2, -0.15) is 0 Å². The molecule has 1 N–H and O–H groups in total. The largest absolute Gasteiger partial charge is 0.492 e. The molecule has 3 aromatic carbocycles. The zero-order valence-corrected chi connectivity index (χ0v) is 20.0. The third-order valence-corrected chi connectivity index (χ3v) is 6.54. The van der Waals surface area contributed by atoms with Crippen molar-refractivity contribution in [1.82, 2.24) is 9.99 Å². The summed E-state index contributed by atoms with van der Waals surface area (Å²) in [5.41, 5.74) is 8.71. The molecule has 4 aromatic rings. The topological polar surface area (TPSA) is 63.6 Å². The maximum absolute atomic E-state index is 13.1. The number of carbonyl (C=O) groups excluding carboxylic acids is 2. The standard InChI is InChI=1S/C29H27N3O3/c1-19-13-14-23(17-20(19)2)35-16-15-31-21(3)25(24-11-7-8-12-27(24)31)18-26-28(33)30-32(29(26)34)22-9-5-4-6-10-22/h4-14,17-18H,15-16H2,1-3H3,(H,30,33)/b26-18+. The summed E-state index contributed by atoms with van der Waals surface area (Å²) in [5, 5.41) is 2.28. The number of hydrogen-bond acceptors (Lipinski definition) is 3. The van der Waals surface area contributed by atoms with Crippen molar-refractivity contribution in [2.75, 3.05) is 11.6 Å². The Labute approximate surface area is 204 Å². The number of aromatic nitrogens is 1. The van der Waals surface area contributed by atoms with Crippen LogP contribution in [0.25, 0.3) is 17.0 Å². The summed E-state index contributed by atoms with van der Waals surface area (Å²) in [6.45, 7) is 7.30. The van der Waals surface area contributed by atoms with Crippen molar-refractivity contribution in [2.45, 2.75) is 27.3 Å². The second-order valence-electron chi connectivity index (χ2n) is 8.74. The molecule has 0 bridgehead atoms. The van der Waals surface area contributed by atoms with Crippen LogP contribution in [0.1, 0.15) is 22.4 Å². The van der Waals surface area contributed by atoms with E-state index < -0.39 is 5.91 Å². The maximum Gasteiger partial charge on any atom is 0.282 e. The molecule has 35 heavy (non-hydrogen) atoms. The maximum atomic E-state index is 13.1. The highest BCUT2D eigenvalue weighted by molar-refractivity contribution is 6.32. The molecule has 2 heterocycles. The van der Waals surface area contributed by atoms with E-state index in [9.17, 15) is 9.59 Å². The van der Waals surface area contributed by atoms with E-state index in [1.807, 2.05) is 55.5 Å². The number of amides is 2.